The summed E-state index contributed by atoms with van der Waals surface area (Å²) in [5, 5.41) is 5.80. The maximum absolute atomic E-state index is 13.9. The first-order chi connectivity index (χ1) is 36.6. The number of urea groups is 1. The molecule has 9 rings (SSSR count). The number of nitrogens with one attached hydrogen (secondary N) is 2. The number of para-hydroxylation sites is 1. The largest absolute Gasteiger partial charge is 0.493 e. The lowest BCUT2D eigenvalue weighted by atomic mass is 9.99. The number of benzene rings is 5. The van der Waals surface area contributed by atoms with Gasteiger partial charge in [-0.25, -0.2) is 4.79 Å². The van der Waals surface area contributed by atoms with E-state index < -0.39 is 0 Å². The molecule has 0 spiro atoms. The average Bonchev–Trinajstić information content (AvgIpc) is 3.98. The third kappa shape index (κ3) is 12.6. The van der Waals surface area contributed by atoms with Crippen molar-refractivity contribution in [2.24, 2.45) is 5.73 Å². The van der Waals surface area contributed by atoms with Gasteiger partial charge in [0.15, 0.2) is 23.0 Å². The van der Waals surface area contributed by atoms with Gasteiger partial charge in [0.25, 0.3) is 11.8 Å². The van der Waals surface area contributed by atoms with Gasteiger partial charge in [0.05, 0.1) is 40.5 Å². The molecule has 4 aliphatic heterocycles. The van der Waals surface area contributed by atoms with Gasteiger partial charge in [-0.1, -0.05) is 56.3 Å². The van der Waals surface area contributed by atoms with Gasteiger partial charge < -0.3 is 64.7 Å². The Balaban J connectivity index is 0.000000205. The van der Waals surface area contributed by atoms with Gasteiger partial charge in [0.2, 0.25) is 0 Å². The molecule has 0 aliphatic carbocycles. The summed E-state index contributed by atoms with van der Waals surface area (Å²) in [6.07, 6.45) is 3.00. The summed E-state index contributed by atoms with van der Waals surface area (Å²) in [5.41, 5.74) is 14.8. The number of hydrogen-bond acceptors (Lipinski definition) is 12. The molecule has 0 aromatic heterocycles. The second kappa shape index (κ2) is 26.0. The molecular formula is C59H77N9O7. The molecule has 0 bridgehead atoms. The number of likely N-dealkylation sites (N-methyl/N-ethyl adjacent to an activating group) is 2. The highest BCUT2D eigenvalue weighted by atomic mass is 16.5. The zero-order valence-corrected chi connectivity index (χ0v) is 44.8. The van der Waals surface area contributed by atoms with Gasteiger partial charge in [-0.3, -0.25) is 9.59 Å². The average molecular weight is 1020 g/mol. The van der Waals surface area contributed by atoms with E-state index in [0.717, 1.165) is 123 Å². The molecule has 2 atom stereocenters. The Morgan fingerprint density at radius 1 is 0.560 bits per heavy atom. The van der Waals surface area contributed by atoms with Crippen LogP contribution in [-0.4, -0.2) is 144 Å². The van der Waals surface area contributed by atoms with Crippen LogP contribution >= 0.6 is 0 Å². The molecule has 400 valence electrons. The first kappa shape index (κ1) is 54.3. The molecule has 4 aliphatic rings. The van der Waals surface area contributed by atoms with E-state index in [0.29, 0.717) is 62.0 Å². The molecule has 2 fully saturated rings. The van der Waals surface area contributed by atoms with Gasteiger partial charge in [0, 0.05) is 111 Å². The lowest BCUT2D eigenvalue weighted by molar-refractivity contribution is 0.0682. The van der Waals surface area contributed by atoms with Crippen LogP contribution in [0.5, 0.6) is 23.0 Å². The molecule has 4 heterocycles. The molecule has 16 nitrogen and oxygen atoms in total. The topological polar surface area (TPSA) is 158 Å². The minimum Gasteiger partial charge on any atom is -0.493 e. The third-order valence-electron chi connectivity index (χ3n) is 15.3. The van der Waals surface area contributed by atoms with Crippen LogP contribution in [0.4, 0.5) is 21.9 Å². The number of methoxy groups -OCH3 is 4. The minimum atomic E-state index is -0.249. The summed E-state index contributed by atoms with van der Waals surface area (Å²) in [6.45, 7) is 16.8. The van der Waals surface area contributed by atoms with Crippen LogP contribution in [0.3, 0.4) is 0 Å². The number of ether oxygens (including phenoxy) is 4. The SMILES string of the molecule is CCN1CCN(c2cccc3c2CN([C@H](CCCN)c2ccc(OC)c(OC)c2)C3=O)CC1.CCN1CCN(c2cccc3c2CN([C@H](CCCNC(=O)Nc2ccccc2)c2ccc(OC)c(OC)c2)C3=O)CC1. The van der Waals surface area contributed by atoms with Crippen molar-refractivity contribution in [3.8, 4) is 23.0 Å². The molecule has 0 unspecified atom stereocenters. The summed E-state index contributed by atoms with van der Waals surface area (Å²) in [7, 11) is 6.50. The van der Waals surface area contributed by atoms with E-state index in [2.05, 4.69) is 56.2 Å². The quantitative estimate of drug-likeness (QED) is 0.0641. The van der Waals surface area contributed by atoms with E-state index >= 15 is 0 Å². The fourth-order valence-electron chi connectivity index (χ4n) is 11.0. The second-order valence-electron chi connectivity index (χ2n) is 19.4. The normalized spacial score (nSPS) is 16.4. The smallest absolute Gasteiger partial charge is 0.319 e. The summed E-state index contributed by atoms with van der Waals surface area (Å²) in [5.74, 6) is 2.75. The highest BCUT2D eigenvalue weighted by Crippen LogP contribution is 2.42. The fourth-order valence-corrected chi connectivity index (χ4v) is 11.0. The first-order valence-electron chi connectivity index (χ1n) is 26.7. The monoisotopic (exact) mass is 1020 g/mol. The maximum atomic E-state index is 13.9. The number of carbonyl (C=O) groups excluding carboxylic acids is 3. The molecule has 5 aromatic carbocycles. The van der Waals surface area contributed by atoms with Crippen molar-refractivity contribution in [2.45, 2.75) is 64.7 Å². The van der Waals surface area contributed by atoms with Crippen LogP contribution < -0.4 is 45.1 Å². The standard InChI is InChI=1S/C33H41N5O4.C26H36N4O3/c1-4-36-18-20-37(21-19-36)29-13-8-12-26-27(29)23-38(32(26)39)28(24-15-16-30(41-2)31(22-24)42-3)14-9-17-34-33(40)35-25-10-6-5-7-11-25;1-4-28-13-15-29(16-14-28)23-8-5-7-20-21(23)18-30(26(20)31)22(9-6-12-27)19-10-11-24(32-2)25(17-19)33-3/h5-8,10-13,15-16,22,28H,4,9,14,17-21,23H2,1-3H3,(H2,34,35,40);5,7-8,10-11,17,22H,4,6,9,12-16,18,27H2,1-3H3/t28-;22-/m11/s1. The number of carbonyl (C=O) groups is 3. The molecule has 16 heteroatoms. The van der Waals surface area contributed by atoms with Gasteiger partial charge >= 0.3 is 6.03 Å². The minimum absolute atomic E-state index is 0.0357. The highest BCUT2D eigenvalue weighted by molar-refractivity contribution is 6.01. The van der Waals surface area contributed by atoms with Crippen LogP contribution in [0.25, 0.3) is 0 Å². The molecule has 4 amide bonds. The maximum Gasteiger partial charge on any atom is 0.319 e. The summed E-state index contributed by atoms with van der Waals surface area (Å²) >= 11 is 0. The Morgan fingerprint density at radius 3 is 1.44 bits per heavy atom. The molecule has 75 heavy (non-hydrogen) atoms. The van der Waals surface area contributed by atoms with Crippen molar-refractivity contribution in [1.29, 1.82) is 0 Å². The summed E-state index contributed by atoms with van der Waals surface area (Å²) < 4.78 is 22.0. The Kier molecular flexibility index (Phi) is 18.8. The predicted octanol–water partition coefficient (Wildman–Crippen LogP) is 8.43. The predicted molar refractivity (Wildman–Crippen MR) is 297 cm³/mol. The number of anilines is 3. The van der Waals surface area contributed by atoms with Crippen LogP contribution in [0, 0.1) is 0 Å². The molecule has 2 saturated heterocycles. The lowest BCUT2D eigenvalue weighted by Gasteiger charge is -2.36. The van der Waals surface area contributed by atoms with Gasteiger partial charge in [0.1, 0.15) is 0 Å². The van der Waals surface area contributed by atoms with Crippen molar-refractivity contribution in [3.63, 3.8) is 0 Å². The third-order valence-corrected chi connectivity index (χ3v) is 15.3. The Hall–Kier alpha value is -7.01. The number of rotatable bonds is 20. The van der Waals surface area contributed by atoms with Crippen molar-refractivity contribution in [3.05, 3.63) is 137 Å². The van der Waals surface area contributed by atoms with Crippen LogP contribution in [0.2, 0.25) is 0 Å². The summed E-state index contributed by atoms with van der Waals surface area (Å²) in [6, 6.07) is 32.9. The summed E-state index contributed by atoms with van der Waals surface area (Å²) in [4.78, 5) is 53.7. The van der Waals surface area contributed by atoms with E-state index in [1.54, 1.807) is 28.4 Å². The van der Waals surface area contributed by atoms with E-state index in [1.165, 1.54) is 5.69 Å². The van der Waals surface area contributed by atoms with Crippen LogP contribution in [0.1, 0.15) is 94.6 Å². The molecular weight excluding hydrogens is 947 g/mol. The van der Waals surface area contributed by atoms with Gasteiger partial charge in [-0.15, -0.1) is 0 Å². The Bertz CT molecular complexity index is 2710. The molecule has 5 aromatic rings. The van der Waals surface area contributed by atoms with E-state index in [4.69, 9.17) is 24.7 Å². The van der Waals surface area contributed by atoms with Crippen LogP contribution in [0.15, 0.2) is 103 Å². The Labute approximate surface area is 443 Å². The van der Waals surface area contributed by atoms with E-state index in [-0.39, 0.29) is 29.9 Å². The van der Waals surface area contributed by atoms with Crippen molar-refractivity contribution < 1.29 is 33.3 Å². The molecule has 4 N–H and O–H groups in total. The van der Waals surface area contributed by atoms with Crippen LogP contribution in [-0.2, 0) is 13.1 Å². The number of hydrogen-bond donors (Lipinski definition) is 3. The van der Waals surface area contributed by atoms with Crippen molar-refractivity contribution in [1.82, 2.24) is 24.9 Å². The number of nitrogens with two attached hydrogens (primary N) is 1. The number of fused-ring (bicyclic) bond motifs is 2. The molecule has 0 saturated carbocycles. The Morgan fingerprint density at radius 2 is 1.01 bits per heavy atom. The second-order valence-corrected chi connectivity index (χ2v) is 19.4. The number of piperazine rings is 2. The molecule has 0 radical (unpaired) electrons. The van der Waals surface area contributed by atoms with E-state index in [9.17, 15) is 14.4 Å². The zero-order valence-electron chi connectivity index (χ0n) is 44.8. The van der Waals surface area contributed by atoms with Gasteiger partial charge in [-0.05, 0) is 117 Å². The highest BCUT2D eigenvalue weighted by Gasteiger charge is 2.38. The lowest BCUT2D eigenvalue weighted by Crippen LogP contribution is -2.46. The number of amides is 4. The fraction of sp³-hybridized carbons (Fsp3) is 0.441. The van der Waals surface area contributed by atoms with Crippen molar-refractivity contribution >= 4 is 34.9 Å². The van der Waals surface area contributed by atoms with Gasteiger partial charge in [-0.2, -0.15) is 0 Å². The van der Waals surface area contributed by atoms with E-state index in [1.807, 2.05) is 101 Å². The first-order valence-corrected chi connectivity index (χ1v) is 26.7. The number of nitrogens with zero attached hydrogens (tertiary/aromatic N) is 6. The van der Waals surface area contributed by atoms with Crippen molar-refractivity contribution in [2.75, 3.05) is 122 Å². The zero-order chi connectivity index (χ0) is 52.8.